The van der Waals surface area contributed by atoms with Crippen LogP contribution in [0.25, 0.3) is 0 Å². The maximum Gasteiger partial charge on any atom is 0.230 e. The number of hydrogen-bond acceptors (Lipinski definition) is 5. The minimum absolute atomic E-state index is 0.0389. The van der Waals surface area contributed by atoms with Crippen molar-refractivity contribution in [2.45, 2.75) is 37.8 Å². The summed E-state index contributed by atoms with van der Waals surface area (Å²) in [5.41, 5.74) is -0.529. The van der Waals surface area contributed by atoms with E-state index in [1.165, 1.54) is 0 Å². The first-order valence-electron chi connectivity index (χ1n) is 7.82. The topological polar surface area (TPSA) is 67.3 Å². The van der Waals surface area contributed by atoms with Gasteiger partial charge in [-0.3, -0.25) is 4.79 Å². The van der Waals surface area contributed by atoms with E-state index < -0.39 is 11.2 Å². The highest BCUT2D eigenvalue weighted by molar-refractivity contribution is 5.85. The molecule has 7 heteroatoms. The lowest BCUT2D eigenvalue weighted by atomic mass is 9.75. The van der Waals surface area contributed by atoms with Gasteiger partial charge in [0.15, 0.2) is 5.82 Å². The maximum atomic E-state index is 13.0. The molecule has 1 aromatic heterocycles. The summed E-state index contributed by atoms with van der Waals surface area (Å²) in [7, 11) is 0. The SMILES string of the molecule is O=C(NC1CC1)[C@]12CCO[C@H]1CCN(c1ncc(F)cn1)C2. The lowest BCUT2D eigenvalue weighted by Gasteiger charge is -2.42. The van der Waals surface area contributed by atoms with E-state index in [1.54, 1.807) is 0 Å². The van der Waals surface area contributed by atoms with Gasteiger partial charge in [-0.2, -0.15) is 0 Å². The number of aromatic nitrogens is 2. The summed E-state index contributed by atoms with van der Waals surface area (Å²) >= 11 is 0. The van der Waals surface area contributed by atoms with Gasteiger partial charge in [-0.15, -0.1) is 0 Å². The number of nitrogens with zero attached hydrogens (tertiary/aromatic N) is 3. The zero-order valence-corrected chi connectivity index (χ0v) is 12.3. The van der Waals surface area contributed by atoms with Crippen LogP contribution in [0.3, 0.4) is 0 Å². The van der Waals surface area contributed by atoms with Crippen LogP contribution in [0.1, 0.15) is 25.7 Å². The molecule has 0 bridgehead atoms. The molecule has 3 fully saturated rings. The number of anilines is 1. The molecule has 1 aliphatic carbocycles. The number of carbonyl (C=O) groups excluding carboxylic acids is 1. The molecule has 3 aliphatic rings. The number of rotatable bonds is 3. The highest BCUT2D eigenvalue weighted by atomic mass is 19.1. The average Bonchev–Trinajstić information content (AvgIpc) is 3.23. The van der Waals surface area contributed by atoms with Crippen LogP contribution in [0.5, 0.6) is 0 Å². The zero-order valence-electron chi connectivity index (χ0n) is 12.3. The number of fused-ring (bicyclic) bond motifs is 1. The van der Waals surface area contributed by atoms with Gasteiger partial charge in [0.1, 0.15) is 0 Å². The molecule has 0 aromatic carbocycles. The van der Waals surface area contributed by atoms with Crippen LogP contribution < -0.4 is 10.2 Å². The van der Waals surface area contributed by atoms with Gasteiger partial charge in [0.2, 0.25) is 11.9 Å². The van der Waals surface area contributed by atoms with Crippen LogP contribution in [0.2, 0.25) is 0 Å². The number of hydrogen-bond donors (Lipinski definition) is 1. The Morgan fingerprint density at radius 1 is 1.36 bits per heavy atom. The third-order valence-corrected chi connectivity index (χ3v) is 4.87. The van der Waals surface area contributed by atoms with Gasteiger partial charge in [0.25, 0.3) is 0 Å². The summed E-state index contributed by atoms with van der Waals surface area (Å²) in [6, 6.07) is 0.334. The summed E-state index contributed by atoms with van der Waals surface area (Å²) in [6.45, 7) is 1.86. The number of ether oxygens (including phenoxy) is 1. The Morgan fingerprint density at radius 2 is 2.14 bits per heavy atom. The number of halogens is 1. The molecule has 0 spiro atoms. The monoisotopic (exact) mass is 306 g/mol. The first-order valence-corrected chi connectivity index (χ1v) is 7.82. The standard InChI is InChI=1S/C15H19FN4O2/c16-10-7-17-14(18-8-10)20-5-3-12-15(9-20,4-6-22-12)13(21)19-11-1-2-11/h7-8,11-12H,1-6,9H2,(H,19,21)/t12-,15-/m0/s1. The second kappa shape index (κ2) is 5.15. The molecule has 22 heavy (non-hydrogen) atoms. The van der Waals surface area contributed by atoms with Crippen molar-refractivity contribution < 1.29 is 13.9 Å². The molecule has 2 aliphatic heterocycles. The fraction of sp³-hybridized carbons (Fsp3) is 0.667. The van der Waals surface area contributed by atoms with E-state index in [1.807, 2.05) is 4.90 Å². The largest absolute Gasteiger partial charge is 0.377 e. The van der Waals surface area contributed by atoms with Crippen molar-refractivity contribution in [3.8, 4) is 0 Å². The summed E-state index contributed by atoms with van der Waals surface area (Å²) < 4.78 is 18.8. The fourth-order valence-electron chi connectivity index (χ4n) is 3.46. The molecule has 6 nitrogen and oxygen atoms in total. The van der Waals surface area contributed by atoms with Crippen molar-refractivity contribution in [2.24, 2.45) is 5.41 Å². The van der Waals surface area contributed by atoms with Gasteiger partial charge < -0.3 is 15.0 Å². The third-order valence-electron chi connectivity index (χ3n) is 4.87. The van der Waals surface area contributed by atoms with E-state index in [4.69, 9.17) is 4.74 Å². The van der Waals surface area contributed by atoms with Crippen molar-refractivity contribution >= 4 is 11.9 Å². The van der Waals surface area contributed by atoms with Gasteiger partial charge in [0, 0.05) is 25.7 Å². The summed E-state index contributed by atoms with van der Waals surface area (Å²) in [6.07, 6.45) is 5.90. The van der Waals surface area contributed by atoms with Gasteiger partial charge >= 0.3 is 0 Å². The molecule has 2 atom stereocenters. The molecule has 3 heterocycles. The quantitative estimate of drug-likeness (QED) is 0.898. The lowest BCUT2D eigenvalue weighted by Crippen LogP contribution is -2.57. The van der Waals surface area contributed by atoms with Crippen molar-refractivity contribution in [2.75, 3.05) is 24.6 Å². The molecular weight excluding hydrogens is 287 g/mol. The lowest BCUT2D eigenvalue weighted by molar-refractivity contribution is -0.135. The molecule has 1 aromatic rings. The average molecular weight is 306 g/mol. The van der Waals surface area contributed by atoms with Crippen molar-refractivity contribution in [1.29, 1.82) is 0 Å². The first-order chi connectivity index (χ1) is 10.7. The van der Waals surface area contributed by atoms with Crippen molar-refractivity contribution in [1.82, 2.24) is 15.3 Å². The van der Waals surface area contributed by atoms with Gasteiger partial charge in [-0.25, -0.2) is 14.4 Å². The van der Waals surface area contributed by atoms with E-state index in [0.717, 1.165) is 38.2 Å². The van der Waals surface area contributed by atoms with Crippen LogP contribution >= 0.6 is 0 Å². The Morgan fingerprint density at radius 3 is 2.86 bits per heavy atom. The second-order valence-corrected chi connectivity index (χ2v) is 6.42. The molecule has 2 saturated heterocycles. The molecule has 0 unspecified atom stereocenters. The first kappa shape index (κ1) is 13.9. The predicted molar refractivity (Wildman–Crippen MR) is 76.8 cm³/mol. The Balaban J connectivity index is 1.57. The molecule has 1 N–H and O–H groups in total. The van der Waals surface area contributed by atoms with E-state index in [9.17, 15) is 9.18 Å². The van der Waals surface area contributed by atoms with E-state index in [0.29, 0.717) is 31.6 Å². The molecule has 1 amide bonds. The number of piperidine rings is 1. The third kappa shape index (κ3) is 2.33. The molecule has 118 valence electrons. The zero-order chi connectivity index (χ0) is 15.2. The minimum Gasteiger partial charge on any atom is -0.377 e. The molecule has 4 rings (SSSR count). The van der Waals surface area contributed by atoms with Crippen LogP contribution in [0, 0.1) is 11.2 Å². The van der Waals surface area contributed by atoms with E-state index >= 15 is 0 Å². The van der Waals surface area contributed by atoms with Crippen molar-refractivity contribution in [3.05, 3.63) is 18.2 Å². The van der Waals surface area contributed by atoms with Crippen LogP contribution in [0.15, 0.2) is 12.4 Å². The normalized spacial score (nSPS) is 31.0. The summed E-state index contributed by atoms with van der Waals surface area (Å²) in [4.78, 5) is 22.8. The van der Waals surface area contributed by atoms with Gasteiger partial charge in [-0.1, -0.05) is 0 Å². The van der Waals surface area contributed by atoms with Gasteiger partial charge in [-0.05, 0) is 25.7 Å². The number of nitrogens with one attached hydrogen (secondary N) is 1. The fourth-order valence-corrected chi connectivity index (χ4v) is 3.46. The maximum absolute atomic E-state index is 13.0. The Labute approximate surface area is 128 Å². The molecule has 1 saturated carbocycles. The van der Waals surface area contributed by atoms with E-state index in [2.05, 4.69) is 15.3 Å². The second-order valence-electron chi connectivity index (χ2n) is 6.42. The predicted octanol–water partition coefficient (Wildman–Crippen LogP) is 0.880. The van der Waals surface area contributed by atoms with Crippen LogP contribution in [-0.2, 0) is 9.53 Å². The highest BCUT2D eigenvalue weighted by Gasteiger charge is 2.54. The number of amides is 1. The number of carbonyl (C=O) groups is 1. The Bertz CT molecular complexity index is 577. The van der Waals surface area contributed by atoms with Crippen LogP contribution in [0.4, 0.5) is 10.3 Å². The Hall–Kier alpha value is -1.76. The minimum atomic E-state index is -0.529. The van der Waals surface area contributed by atoms with E-state index in [-0.39, 0.29) is 12.0 Å². The summed E-state index contributed by atoms with van der Waals surface area (Å²) in [5, 5.41) is 3.12. The molecular formula is C15H19FN4O2. The van der Waals surface area contributed by atoms with Gasteiger partial charge in [0.05, 0.1) is 23.9 Å². The summed E-state index contributed by atoms with van der Waals surface area (Å²) in [5.74, 6) is 0.110. The Kier molecular flexibility index (Phi) is 3.25. The smallest absolute Gasteiger partial charge is 0.230 e. The van der Waals surface area contributed by atoms with Crippen molar-refractivity contribution in [3.63, 3.8) is 0 Å². The van der Waals surface area contributed by atoms with Crippen LogP contribution in [-0.4, -0.2) is 47.7 Å². The highest BCUT2D eigenvalue weighted by Crippen LogP contribution is 2.42. The molecule has 0 radical (unpaired) electrons.